The Morgan fingerprint density at radius 1 is 1.12 bits per heavy atom. The summed E-state index contributed by atoms with van der Waals surface area (Å²) >= 11 is 0. The summed E-state index contributed by atoms with van der Waals surface area (Å²) in [5, 5.41) is 11.7. The van der Waals surface area contributed by atoms with Gasteiger partial charge in [0, 0.05) is 5.56 Å². The van der Waals surface area contributed by atoms with Gasteiger partial charge in [-0.15, -0.1) is 0 Å². The van der Waals surface area contributed by atoms with Crippen LogP contribution >= 0.6 is 0 Å². The van der Waals surface area contributed by atoms with E-state index in [2.05, 4.69) is 5.32 Å². The van der Waals surface area contributed by atoms with Crippen LogP contribution in [0.15, 0.2) is 18.2 Å². The lowest BCUT2D eigenvalue weighted by molar-refractivity contribution is 0.00578. The largest absolute Gasteiger partial charge is 0.494 e. The minimum atomic E-state index is -1.20. The molecule has 0 spiro atoms. The number of halogens is 1. The summed E-state index contributed by atoms with van der Waals surface area (Å²) < 4.78 is 26.9. The molecule has 0 bridgehead atoms. The van der Waals surface area contributed by atoms with Crippen LogP contribution in [0, 0.1) is 11.2 Å². The molecule has 1 amide bonds. The quantitative estimate of drug-likeness (QED) is 0.803. The number of rotatable bonds is 3. The third kappa shape index (κ3) is 3.47. The van der Waals surface area contributed by atoms with Crippen molar-refractivity contribution in [3.63, 3.8) is 0 Å². The Hall–Kier alpha value is -1.60. The van der Waals surface area contributed by atoms with Gasteiger partial charge in [-0.25, -0.2) is 9.18 Å². The first-order valence-electron chi connectivity index (χ1n) is 8.77. The molecule has 1 heterocycles. The van der Waals surface area contributed by atoms with Crippen LogP contribution in [0.3, 0.4) is 0 Å². The van der Waals surface area contributed by atoms with E-state index in [1.165, 1.54) is 6.07 Å². The fourth-order valence-corrected chi connectivity index (χ4v) is 2.94. The Morgan fingerprint density at radius 3 is 2.00 bits per heavy atom. The summed E-state index contributed by atoms with van der Waals surface area (Å²) in [7, 11) is -0.670. The normalized spacial score (nSPS) is 21.3. The predicted octanol–water partition coefficient (Wildman–Crippen LogP) is 3.65. The molecule has 7 heteroatoms. The van der Waals surface area contributed by atoms with E-state index in [1.807, 2.05) is 48.5 Å². The number of hydrogen-bond acceptors (Lipinski definition) is 3. The Bertz CT molecular complexity index is 698. The lowest BCUT2D eigenvalue weighted by atomic mass is 9.69. The maximum Gasteiger partial charge on any atom is 0.494 e. The van der Waals surface area contributed by atoms with E-state index in [1.54, 1.807) is 19.1 Å². The van der Waals surface area contributed by atoms with Crippen molar-refractivity contribution in [2.24, 2.45) is 5.41 Å². The molecule has 1 aromatic carbocycles. The standard InChI is InChI=1S/C19H29BFNO4/c1-16(2,3)19(8,22-15(23)24)13-10-9-12(11-14(13)21)20-25-17(4,5)18(6,7)26-20/h9-11,22H,1-8H3,(H,23,24). The van der Waals surface area contributed by atoms with Gasteiger partial charge in [0.2, 0.25) is 0 Å². The van der Waals surface area contributed by atoms with Crippen molar-refractivity contribution in [1.82, 2.24) is 5.32 Å². The number of amides is 1. The van der Waals surface area contributed by atoms with Crippen molar-refractivity contribution in [3.05, 3.63) is 29.6 Å². The van der Waals surface area contributed by atoms with Gasteiger partial charge in [-0.1, -0.05) is 32.9 Å². The zero-order valence-corrected chi connectivity index (χ0v) is 16.9. The van der Waals surface area contributed by atoms with E-state index in [0.29, 0.717) is 5.46 Å². The van der Waals surface area contributed by atoms with Crippen molar-refractivity contribution in [1.29, 1.82) is 0 Å². The van der Waals surface area contributed by atoms with Gasteiger partial charge in [0.05, 0.1) is 16.7 Å². The lowest BCUT2D eigenvalue weighted by Gasteiger charge is -2.42. The minimum Gasteiger partial charge on any atom is -0.465 e. The number of carbonyl (C=O) groups is 1. The third-order valence-electron chi connectivity index (χ3n) is 5.91. The monoisotopic (exact) mass is 365 g/mol. The molecule has 26 heavy (non-hydrogen) atoms. The van der Waals surface area contributed by atoms with E-state index in [-0.39, 0.29) is 5.56 Å². The second kappa shape index (κ2) is 6.24. The first-order chi connectivity index (χ1) is 11.6. The molecular weight excluding hydrogens is 336 g/mol. The van der Waals surface area contributed by atoms with Crippen LogP contribution in [0.25, 0.3) is 0 Å². The van der Waals surface area contributed by atoms with Gasteiger partial charge >= 0.3 is 13.2 Å². The average molecular weight is 365 g/mol. The minimum absolute atomic E-state index is 0.285. The maximum atomic E-state index is 15.0. The fourth-order valence-electron chi connectivity index (χ4n) is 2.94. The van der Waals surface area contributed by atoms with E-state index in [4.69, 9.17) is 9.31 Å². The van der Waals surface area contributed by atoms with Crippen LogP contribution in [-0.4, -0.2) is 29.5 Å². The lowest BCUT2D eigenvalue weighted by Crippen LogP contribution is -2.52. The summed E-state index contributed by atoms with van der Waals surface area (Å²) in [6.45, 7) is 15.0. The molecule has 0 saturated carbocycles. The van der Waals surface area contributed by atoms with E-state index >= 15 is 4.39 Å². The maximum absolute atomic E-state index is 15.0. The Labute approximate surface area is 155 Å². The molecule has 0 radical (unpaired) electrons. The van der Waals surface area contributed by atoms with Gasteiger partial charge in [0.1, 0.15) is 5.82 Å². The van der Waals surface area contributed by atoms with Crippen molar-refractivity contribution in [2.75, 3.05) is 0 Å². The van der Waals surface area contributed by atoms with Crippen LogP contribution in [0.5, 0.6) is 0 Å². The summed E-state index contributed by atoms with van der Waals surface area (Å²) in [5.74, 6) is -0.497. The average Bonchev–Trinajstić information content (AvgIpc) is 2.65. The van der Waals surface area contributed by atoms with Crippen LogP contribution < -0.4 is 10.8 Å². The highest BCUT2D eigenvalue weighted by Gasteiger charge is 2.52. The zero-order chi connectivity index (χ0) is 20.1. The summed E-state index contributed by atoms with van der Waals surface area (Å²) in [6.07, 6.45) is -1.20. The number of nitrogens with one attached hydrogen (secondary N) is 1. The molecule has 1 fully saturated rings. The Balaban J connectivity index is 2.42. The second-order valence-electron chi connectivity index (χ2n) is 9.13. The number of hydrogen-bond donors (Lipinski definition) is 2. The van der Waals surface area contributed by atoms with Gasteiger partial charge < -0.3 is 19.7 Å². The summed E-state index contributed by atoms with van der Waals surface area (Å²) in [4.78, 5) is 11.3. The SMILES string of the molecule is CC(C)(C)C(C)(NC(=O)O)c1ccc(B2OC(C)(C)C(C)(C)O2)cc1F. The molecule has 1 unspecified atom stereocenters. The molecule has 1 aliphatic rings. The molecule has 2 N–H and O–H groups in total. The molecule has 5 nitrogen and oxygen atoms in total. The van der Waals surface area contributed by atoms with Crippen LogP contribution in [-0.2, 0) is 14.8 Å². The summed E-state index contributed by atoms with van der Waals surface area (Å²) in [5.41, 5.74) is -1.82. The first kappa shape index (κ1) is 20.7. The Kier molecular flexibility index (Phi) is 4.97. The van der Waals surface area contributed by atoms with Crippen LogP contribution in [0.1, 0.15) is 61.0 Å². The molecule has 1 aromatic rings. The molecule has 1 saturated heterocycles. The molecular formula is C19H29BFNO4. The van der Waals surface area contributed by atoms with Gasteiger partial charge in [0.25, 0.3) is 0 Å². The van der Waals surface area contributed by atoms with Crippen molar-refractivity contribution in [3.8, 4) is 0 Å². The highest BCUT2D eigenvalue weighted by Crippen LogP contribution is 2.40. The number of carboxylic acid groups (broad SMARTS) is 1. The van der Waals surface area contributed by atoms with Crippen LogP contribution in [0.2, 0.25) is 0 Å². The Morgan fingerprint density at radius 2 is 1.62 bits per heavy atom. The second-order valence-corrected chi connectivity index (χ2v) is 9.13. The van der Waals surface area contributed by atoms with Gasteiger partial charge in [-0.2, -0.15) is 0 Å². The molecule has 1 atom stereocenters. The van der Waals surface area contributed by atoms with Crippen molar-refractivity contribution >= 4 is 18.7 Å². The molecule has 1 aliphatic heterocycles. The highest BCUT2D eigenvalue weighted by molar-refractivity contribution is 6.62. The van der Waals surface area contributed by atoms with E-state index in [9.17, 15) is 9.90 Å². The molecule has 0 aromatic heterocycles. The zero-order valence-electron chi connectivity index (χ0n) is 16.9. The predicted molar refractivity (Wildman–Crippen MR) is 100 cm³/mol. The van der Waals surface area contributed by atoms with Crippen LogP contribution in [0.4, 0.5) is 9.18 Å². The molecule has 0 aliphatic carbocycles. The third-order valence-corrected chi connectivity index (χ3v) is 5.91. The highest BCUT2D eigenvalue weighted by atomic mass is 19.1. The first-order valence-corrected chi connectivity index (χ1v) is 8.77. The van der Waals surface area contributed by atoms with Crippen molar-refractivity contribution < 1.29 is 23.6 Å². The summed E-state index contributed by atoms with van der Waals surface area (Å²) in [6, 6.07) is 4.70. The smallest absolute Gasteiger partial charge is 0.465 e. The topological polar surface area (TPSA) is 67.8 Å². The van der Waals surface area contributed by atoms with E-state index in [0.717, 1.165) is 0 Å². The fraction of sp³-hybridized carbons (Fsp3) is 0.632. The molecule has 2 rings (SSSR count). The van der Waals surface area contributed by atoms with Gasteiger partial charge in [-0.05, 0) is 51.6 Å². The van der Waals surface area contributed by atoms with E-state index < -0.39 is 41.2 Å². The number of benzene rings is 1. The van der Waals surface area contributed by atoms with Gasteiger partial charge in [0.15, 0.2) is 0 Å². The molecule has 144 valence electrons. The van der Waals surface area contributed by atoms with Crippen molar-refractivity contribution in [2.45, 2.75) is 72.1 Å². The van der Waals surface area contributed by atoms with Gasteiger partial charge in [-0.3, -0.25) is 0 Å².